The average Bonchev–Trinajstić information content (AvgIpc) is 3.26. The lowest BCUT2D eigenvalue weighted by Crippen LogP contribution is -2.22. The zero-order valence-corrected chi connectivity index (χ0v) is 13.3. The monoisotopic (exact) mass is 322 g/mol. The van der Waals surface area contributed by atoms with Crippen LogP contribution in [0.3, 0.4) is 0 Å². The molecule has 3 N–H and O–H groups in total. The summed E-state index contributed by atoms with van der Waals surface area (Å²) in [7, 11) is 0. The first-order valence-electron chi connectivity index (χ1n) is 7.58. The first-order valence-corrected chi connectivity index (χ1v) is 7.58. The molecule has 3 rings (SSSR count). The van der Waals surface area contributed by atoms with Crippen LogP contribution in [-0.4, -0.2) is 26.4 Å². The highest BCUT2D eigenvalue weighted by atomic mass is 16.5. The van der Waals surface area contributed by atoms with Crippen LogP contribution in [0.4, 0.5) is 0 Å². The van der Waals surface area contributed by atoms with E-state index in [2.05, 4.69) is 16.1 Å². The van der Waals surface area contributed by atoms with E-state index in [0.29, 0.717) is 23.8 Å². The fourth-order valence-electron chi connectivity index (χ4n) is 2.60. The van der Waals surface area contributed by atoms with Gasteiger partial charge in [-0.1, -0.05) is 11.1 Å². The van der Waals surface area contributed by atoms with Crippen molar-refractivity contribution in [1.29, 1.82) is 0 Å². The van der Waals surface area contributed by atoms with Gasteiger partial charge in [0, 0.05) is 36.1 Å². The van der Waals surface area contributed by atoms with E-state index >= 15 is 0 Å². The van der Waals surface area contributed by atoms with Gasteiger partial charge in [-0.15, -0.1) is 6.42 Å². The Kier molecular flexibility index (Phi) is 4.47. The van der Waals surface area contributed by atoms with Gasteiger partial charge in [-0.25, -0.2) is 4.98 Å². The number of nitrogens with zero attached hydrogens (tertiary/aromatic N) is 3. The zero-order chi connectivity index (χ0) is 17.1. The minimum atomic E-state index is -0.697. The van der Waals surface area contributed by atoms with Crippen LogP contribution in [0.5, 0.6) is 0 Å². The molecular weight excluding hydrogens is 304 g/mol. The molecule has 2 unspecified atom stereocenters. The van der Waals surface area contributed by atoms with Gasteiger partial charge in [-0.2, -0.15) is 0 Å². The van der Waals surface area contributed by atoms with Gasteiger partial charge in [0.15, 0.2) is 5.76 Å². The number of rotatable bonds is 5. The third-order valence-corrected chi connectivity index (χ3v) is 3.84. The molecule has 0 aliphatic carbocycles. The zero-order valence-electron chi connectivity index (χ0n) is 13.3. The third-order valence-electron chi connectivity index (χ3n) is 3.84. The summed E-state index contributed by atoms with van der Waals surface area (Å²) in [6, 6.07) is 9.04. The van der Waals surface area contributed by atoms with Crippen LogP contribution >= 0.6 is 0 Å². The Morgan fingerprint density at radius 3 is 2.75 bits per heavy atom. The van der Waals surface area contributed by atoms with E-state index in [1.54, 1.807) is 19.3 Å². The van der Waals surface area contributed by atoms with Crippen molar-refractivity contribution in [2.45, 2.75) is 19.1 Å². The molecule has 0 radical (unpaired) electrons. The molecule has 2 aromatic heterocycles. The summed E-state index contributed by atoms with van der Waals surface area (Å²) < 4.78 is 7.27. The van der Waals surface area contributed by atoms with Crippen LogP contribution in [0.1, 0.15) is 36.2 Å². The molecule has 0 spiro atoms. The Hall–Kier alpha value is -2.88. The first kappa shape index (κ1) is 16.0. The topological polar surface area (TPSA) is 90.1 Å². The number of aliphatic hydroxyl groups excluding tert-OH is 1. The Morgan fingerprint density at radius 1 is 1.38 bits per heavy atom. The maximum Gasteiger partial charge on any atom is 0.167 e. The molecule has 2 heterocycles. The summed E-state index contributed by atoms with van der Waals surface area (Å²) >= 11 is 0. The largest absolute Gasteiger partial charge is 0.385 e. The second kappa shape index (κ2) is 6.71. The molecule has 2 atom stereocenters. The van der Waals surface area contributed by atoms with Crippen LogP contribution in [0.15, 0.2) is 47.2 Å². The van der Waals surface area contributed by atoms with Crippen molar-refractivity contribution in [3.05, 3.63) is 59.8 Å². The van der Waals surface area contributed by atoms with Crippen molar-refractivity contribution in [1.82, 2.24) is 14.7 Å². The highest BCUT2D eigenvalue weighted by Gasteiger charge is 2.21. The van der Waals surface area contributed by atoms with E-state index in [1.807, 2.05) is 34.9 Å². The number of aromatic nitrogens is 3. The Bertz CT molecular complexity index is 856. The molecule has 0 bridgehead atoms. The van der Waals surface area contributed by atoms with Gasteiger partial charge in [0.2, 0.25) is 0 Å². The number of hydrogen-bond acceptors (Lipinski definition) is 5. The SMILES string of the molecule is C#Cc1ccc(-c2cc(C(CN)n3ccnc3C(C)O)no2)cc1. The predicted molar refractivity (Wildman–Crippen MR) is 89.9 cm³/mol. The molecule has 0 amide bonds. The van der Waals surface area contributed by atoms with Crippen LogP contribution < -0.4 is 5.73 Å². The van der Waals surface area contributed by atoms with Crippen LogP contribution in [-0.2, 0) is 0 Å². The number of benzene rings is 1. The summed E-state index contributed by atoms with van der Waals surface area (Å²) in [6.45, 7) is 1.96. The predicted octanol–water partition coefficient (Wildman–Crippen LogP) is 2.12. The van der Waals surface area contributed by atoms with Crippen molar-refractivity contribution < 1.29 is 9.63 Å². The van der Waals surface area contributed by atoms with Gasteiger partial charge >= 0.3 is 0 Å². The van der Waals surface area contributed by atoms with Crippen molar-refractivity contribution in [2.75, 3.05) is 6.54 Å². The summed E-state index contributed by atoms with van der Waals surface area (Å²) in [5.74, 6) is 3.74. The Labute approximate surface area is 139 Å². The lowest BCUT2D eigenvalue weighted by molar-refractivity contribution is 0.182. The third kappa shape index (κ3) is 2.95. The minimum Gasteiger partial charge on any atom is -0.385 e. The van der Waals surface area contributed by atoms with Crippen molar-refractivity contribution in [3.8, 4) is 23.7 Å². The van der Waals surface area contributed by atoms with E-state index in [-0.39, 0.29) is 6.04 Å². The number of nitrogens with two attached hydrogens (primary N) is 1. The number of hydrogen-bond donors (Lipinski definition) is 2. The molecule has 0 aliphatic heterocycles. The second-order valence-electron chi connectivity index (χ2n) is 5.46. The van der Waals surface area contributed by atoms with Crippen LogP contribution in [0.25, 0.3) is 11.3 Å². The van der Waals surface area contributed by atoms with Gasteiger partial charge in [0.1, 0.15) is 17.6 Å². The van der Waals surface area contributed by atoms with Gasteiger partial charge in [0.05, 0.1) is 6.04 Å². The quantitative estimate of drug-likeness (QED) is 0.702. The fraction of sp³-hybridized carbons (Fsp3) is 0.222. The average molecular weight is 322 g/mol. The van der Waals surface area contributed by atoms with E-state index in [4.69, 9.17) is 16.7 Å². The maximum absolute atomic E-state index is 9.83. The summed E-state index contributed by atoms with van der Waals surface area (Å²) in [6.07, 6.45) is 8.07. The molecule has 24 heavy (non-hydrogen) atoms. The lowest BCUT2D eigenvalue weighted by atomic mass is 10.1. The van der Waals surface area contributed by atoms with Gasteiger partial charge < -0.3 is 19.9 Å². The molecule has 122 valence electrons. The molecule has 3 aromatic rings. The molecule has 0 saturated carbocycles. The number of aliphatic hydroxyl groups is 1. The Morgan fingerprint density at radius 2 is 2.12 bits per heavy atom. The highest BCUT2D eigenvalue weighted by Crippen LogP contribution is 2.26. The molecular formula is C18H18N4O2. The summed E-state index contributed by atoms with van der Waals surface area (Å²) in [5.41, 5.74) is 8.27. The highest BCUT2D eigenvalue weighted by molar-refractivity contribution is 5.59. The van der Waals surface area contributed by atoms with Crippen LogP contribution in [0, 0.1) is 12.3 Å². The fourth-order valence-corrected chi connectivity index (χ4v) is 2.60. The van der Waals surface area contributed by atoms with Crippen molar-refractivity contribution >= 4 is 0 Å². The number of terminal acetylenes is 1. The van der Waals surface area contributed by atoms with E-state index in [9.17, 15) is 5.11 Å². The maximum atomic E-state index is 9.83. The van der Waals surface area contributed by atoms with Gasteiger partial charge in [0.25, 0.3) is 0 Å². The van der Waals surface area contributed by atoms with Crippen molar-refractivity contribution in [2.24, 2.45) is 5.73 Å². The summed E-state index contributed by atoms with van der Waals surface area (Å²) in [4.78, 5) is 4.17. The second-order valence-corrected chi connectivity index (χ2v) is 5.46. The molecule has 6 nitrogen and oxygen atoms in total. The van der Waals surface area contributed by atoms with Gasteiger partial charge in [-0.3, -0.25) is 0 Å². The van der Waals surface area contributed by atoms with E-state index in [1.165, 1.54) is 0 Å². The van der Waals surface area contributed by atoms with Crippen LogP contribution in [0.2, 0.25) is 0 Å². The molecule has 1 aromatic carbocycles. The Balaban J connectivity index is 1.93. The molecule has 0 aliphatic rings. The summed E-state index contributed by atoms with van der Waals surface area (Å²) in [5, 5.41) is 14.0. The number of imidazole rings is 1. The molecule has 0 saturated heterocycles. The molecule has 0 fully saturated rings. The smallest absolute Gasteiger partial charge is 0.167 e. The standard InChI is InChI=1S/C18H18N4O2/c1-3-13-4-6-14(7-5-13)17-10-15(21-24-17)16(11-19)22-9-8-20-18(22)12(2)23/h1,4-10,12,16,23H,11,19H2,2H3. The van der Waals surface area contributed by atoms with Crippen molar-refractivity contribution in [3.63, 3.8) is 0 Å². The van der Waals surface area contributed by atoms with Gasteiger partial charge in [-0.05, 0) is 31.2 Å². The normalized spacial score (nSPS) is 13.4. The lowest BCUT2D eigenvalue weighted by Gasteiger charge is -2.17. The van der Waals surface area contributed by atoms with E-state index in [0.717, 1.165) is 11.1 Å². The molecule has 6 heteroatoms. The minimum absolute atomic E-state index is 0.264. The van der Waals surface area contributed by atoms with E-state index < -0.39 is 6.10 Å². The first-order chi connectivity index (χ1) is 11.6.